The Morgan fingerprint density at radius 2 is 1.95 bits per heavy atom. The number of halogens is 3. The molecular formula is C11H16F3NO3S2. The van der Waals surface area contributed by atoms with Crippen LogP contribution in [0, 0.1) is 0 Å². The Kier molecular flexibility index (Phi) is 6.44. The van der Waals surface area contributed by atoms with E-state index in [1.165, 1.54) is 6.07 Å². The summed E-state index contributed by atoms with van der Waals surface area (Å²) in [5.74, 6) is 0. The van der Waals surface area contributed by atoms with Crippen LogP contribution in [0.5, 0.6) is 0 Å². The van der Waals surface area contributed by atoms with Crippen LogP contribution in [0.3, 0.4) is 0 Å². The summed E-state index contributed by atoms with van der Waals surface area (Å²) < 4.78 is 61.7. The lowest BCUT2D eigenvalue weighted by atomic mass is 10.2. The summed E-state index contributed by atoms with van der Waals surface area (Å²) in [6.07, 6.45) is -4.70. The molecule has 9 heteroatoms. The van der Waals surface area contributed by atoms with Gasteiger partial charge in [-0.05, 0) is 25.0 Å². The first-order chi connectivity index (χ1) is 9.24. The number of nitrogens with one attached hydrogen (secondary N) is 1. The van der Waals surface area contributed by atoms with E-state index in [4.69, 9.17) is 5.11 Å². The summed E-state index contributed by atoms with van der Waals surface area (Å²) in [7, 11) is -3.67. The van der Waals surface area contributed by atoms with Crippen molar-refractivity contribution in [2.24, 2.45) is 0 Å². The van der Waals surface area contributed by atoms with Crippen LogP contribution in [0.2, 0.25) is 0 Å². The van der Waals surface area contributed by atoms with E-state index in [9.17, 15) is 21.6 Å². The van der Waals surface area contributed by atoms with E-state index in [1.54, 1.807) is 6.07 Å². The second-order valence-corrected chi connectivity index (χ2v) is 7.33. The van der Waals surface area contributed by atoms with Crippen LogP contribution in [0.4, 0.5) is 13.2 Å². The first kappa shape index (κ1) is 17.4. The molecule has 0 amide bonds. The van der Waals surface area contributed by atoms with Crippen LogP contribution in [-0.4, -0.2) is 32.9 Å². The van der Waals surface area contributed by atoms with Crippen LogP contribution in [-0.2, 0) is 16.4 Å². The fourth-order valence-electron chi connectivity index (χ4n) is 1.48. The van der Waals surface area contributed by atoms with Gasteiger partial charge in [-0.15, -0.1) is 11.3 Å². The summed E-state index contributed by atoms with van der Waals surface area (Å²) in [5.41, 5.74) is 0. The second-order valence-electron chi connectivity index (χ2n) is 4.16. The van der Waals surface area contributed by atoms with E-state index in [0.29, 0.717) is 6.42 Å². The monoisotopic (exact) mass is 331 g/mol. The largest absolute Gasteiger partial charge is 0.396 e. The summed E-state index contributed by atoms with van der Waals surface area (Å²) in [6.45, 7) is -0.0868. The van der Waals surface area contributed by atoms with E-state index >= 15 is 0 Å². The zero-order chi connectivity index (χ0) is 15.2. The Bertz CT molecular complexity index is 511. The molecule has 0 bridgehead atoms. The first-order valence-corrected chi connectivity index (χ1v) is 8.30. The predicted molar refractivity (Wildman–Crippen MR) is 70.2 cm³/mol. The number of alkyl halides is 3. The van der Waals surface area contributed by atoms with E-state index in [1.807, 2.05) is 0 Å². The zero-order valence-corrected chi connectivity index (χ0v) is 12.2. The Labute approximate surface area is 119 Å². The number of thiophene rings is 1. The molecule has 0 saturated carbocycles. The minimum Gasteiger partial charge on any atom is -0.396 e. The summed E-state index contributed by atoms with van der Waals surface area (Å²) >= 11 is 1.04. The van der Waals surface area contributed by atoms with Gasteiger partial charge in [0.25, 0.3) is 0 Å². The Hall–Kier alpha value is -0.640. The smallest absolute Gasteiger partial charge is 0.389 e. The van der Waals surface area contributed by atoms with Crippen molar-refractivity contribution in [3.8, 4) is 0 Å². The van der Waals surface area contributed by atoms with Crippen LogP contribution in [0.15, 0.2) is 16.3 Å². The quantitative estimate of drug-likeness (QED) is 0.718. The van der Waals surface area contributed by atoms with Crippen molar-refractivity contribution in [3.63, 3.8) is 0 Å². The minimum atomic E-state index is -4.20. The molecular weight excluding hydrogens is 315 g/mol. The molecule has 0 radical (unpaired) electrons. The fourth-order valence-corrected chi connectivity index (χ4v) is 3.94. The molecule has 0 aliphatic carbocycles. The zero-order valence-electron chi connectivity index (χ0n) is 10.6. The molecule has 0 saturated heterocycles. The second kappa shape index (κ2) is 7.39. The van der Waals surface area contributed by atoms with Crippen molar-refractivity contribution >= 4 is 21.4 Å². The van der Waals surface area contributed by atoms with Gasteiger partial charge in [0.15, 0.2) is 0 Å². The average molecular weight is 331 g/mol. The average Bonchev–Trinajstić information content (AvgIpc) is 2.77. The van der Waals surface area contributed by atoms with Gasteiger partial charge in [0.05, 0.1) is 0 Å². The number of aliphatic hydroxyl groups excluding tert-OH is 1. The third kappa shape index (κ3) is 6.21. The number of aliphatic hydroxyl groups is 1. The molecule has 116 valence electrons. The Morgan fingerprint density at radius 3 is 2.55 bits per heavy atom. The highest BCUT2D eigenvalue weighted by Gasteiger charge is 2.26. The number of unbranched alkanes of at least 4 members (excludes halogenated alkanes) is 1. The molecule has 4 nitrogen and oxygen atoms in total. The van der Waals surface area contributed by atoms with Crippen LogP contribution < -0.4 is 4.72 Å². The minimum absolute atomic E-state index is 0.0222. The molecule has 0 aromatic carbocycles. The molecule has 1 heterocycles. The highest BCUT2D eigenvalue weighted by Crippen LogP contribution is 2.23. The van der Waals surface area contributed by atoms with Crippen molar-refractivity contribution in [3.05, 3.63) is 17.0 Å². The molecule has 2 N–H and O–H groups in total. The third-order valence-corrected chi connectivity index (χ3v) is 5.54. The van der Waals surface area contributed by atoms with E-state index in [2.05, 4.69) is 4.72 Å². The number of hydrogen-bond donors (Lipinski definition) is 2. The Balaban J connectivity index is 2.41. The van der Waals surface area contributed by atoms with Crippen LogP contribution in [0.1, 0.15) is 24.1 Å². The van der Waals surface area contributed by atoms with Gasteiger partial charge >= 0.3 is 6.18 Å². The van der Waals surface area contributed by atoms with E-state index in [-0.39, 0.29) is 30.2 Å². The number of sulfonamides is 1. The molecule has 1 rings (SSSR count). The van der Waals surface area contributed by atoms with Crippen molar-refractivity contribution < 1.29 is 26.7 Å². The SMILES string of the molecule is O=S(=O)(NCCCCC(F)(F)F)c1ccc(CCO)s1. The lowest BCUT2D eigenvalue weighted by molar-refractivity contribution is -0.135. The van der Waals surface area contributed by atoms with Crippen molar-refractivity contribution in [1.82, 2.24) is 4.72 Å². The summed E-state index contributed by atoms with van der Waals surface area (Å²) in [6, 6.07) is 3.03. The lowest BCUT2D eigenvalue weighted by Crippen LogP contribution is -2.24. The van der Waals surface area contributed by atoms with Crippen molar-refractivity contribution in [2.75, 3.05) is 13.2 Å². The predicted octanol–water partition coefficient (Wildman–Crippen LogP) is 2.29. The fraction of sp³-hybridized carbons (Fsp3) is 0.636. The van der Waals surface area contributed by atoms with Gasteiger partial charge in [-0.2, -0.15) is 13.2 Å². The summed E-state index contributed by atoms with van der Waals surface area (Å²) in [4.78, 5) is 0.741. The maximum absolute atomic E-state index is 11.9. The third-order valence-electron chi connectivity index (χ3n) is 2.44. The van der Waals surface area contributed by atoms with Gasteiger partial charge in [-0.25, -0.2) is 13.1 Å². The van der Waals surface area contributed by atoms with Gasteiger partial charge in [-0.3, -0.25) is 0 Å². The normalized spacial score (nSPS) is 12.8. The number of hydrogen-bond acceptors (Lipinski definition) is 4. The van der Waals surface area contributed by atoms with Crippen molar-refractivity contribution in [2.45, 2.75) is 36.1 Å². The van der Waals surface area contributed by atoms with Gasteiger partial charge in [-0.1, -0.05) is 0 Å². The topological polar surface area (TPSA) is 66.4 Å². The first-order valence-electron chi connectivity index (χ1n) is 6.00. The maximum Gasteiger partial charge on any atom is 0.389 e. The molecule has 20 heavy (non-hydrogen) atoms. The summed E-state index contributed by atoms with van der Waals surface area (Å²) in [5, 5.41) is 8.75. The molecule has 0 unspecified atom stereocenters. The van der Waals surface area contributed by atoms with Crippen molar-refractivity contribution in [1.29, 1.82) is 0 Å². The van der Waals surface area contributed by atoms with Crippen LogP contribution >= 0.6 is 11.3 Å². The standard InChI is InChI=1S/C11H16F3NO3S2/c12-11(13,14)6-1-2-7-15-20(17,18)10-4-3-9(19-10)5-8-16/h3-4,15-16H,1-2,5-8H2. The highest BCUT2D eigenvalue weighted by atomic mass is 32.2. The lowest BCUT2D eigenvalue weighted by Gasteiger charge is -2.06. The van der Waals surface area contributed by atoms with Gasteiger partial charge in [0.1, 0.15) is 4.21 Å². The van der Waals surface area contributed by atoms with E-state index in [0.717, 1.165) is 16.2 Å². The molecule has 0 spiro atoms. The maximum atomic E-state index is 11.9. The van der Waals surface area contributed by atoms with Crippen LogP contribution in [0.25, 0.3) is 0 Å². The van der Waals surface area contributed by atoms with Gasteiger partial charge in [0.2, 0.25) is 10.0 Å². The molecule has 1 aromatic rings. The van der Waals surface area contributed by atoms with E-state index < -0.39 is 22.6 Å². The number of rotatable bonds is 8. The molecule has 1 aromatic heterocycles. The highest BCUT2D eigenvalue weighted by molar-refractivity contribution is 7.91. The Morgan fingerprint density at radius 1 is 1.25 bits per heavy atom. The molecule has 0 aliphatic heterocycles. The molecule has 0 aliphatic rings. The van der Waals surface area contributed by atoms with Gasteiger partial charge in [0, 0.05) is 30.9 Å². The van der Waals surface area contributed by atoms with Gasteiger partial charge < -0.3 is 5.11 Å². The molecule has 0 atom stereocenters. The molecule has 0 fully saturated rings.